The summed E-state index contributed by atoms with van der Waals surface area (Å²) in [5.41, 5.74) is 1.47. The van der Waals surface area contributed by atoms with E-state index in [2.05, 4.69) is 51.9 Å². The van der Waals surface area contributed by atoms with Crippen molar-refractivity contribution in [2.45, 2.75) is 90.4 Å². The minimum atomic E-state index is -0.869. The molecule has 1 saturated heterocycles. The van der Waals surface area contributed by atoms with Crippen LogP contribution < -0.4 is 10.6 Å². The highest BCUT2D eigenvalue weighted by atomic mass is 16.5. The molecule has 3 rings (SSSR count). The molecular formula is C30H46N4O5. The normalized spacial score (nSPS) is 16.1. The van der Waals surface area contributed by atoms with E-state index in [1.54, 1.807) is 6.92 Å². The number of aliphatic hydroxyl groups excluding tert-OH is 1. The molecule has 3 N–H and O–H groups in total. The minimum absolute atomic E-state index is 0.113. The van der Waals surface area contributed by atoms with Gasteiger partial charge in [-0.05, 0) is 76.6 Å². The van der Waals surface area contributed by atoms with Crippen LogP contribution in [-0.4, -0.2) is 65.6 Å². The van der Waals surface area contributed by atoms with Gasteiger partial charge in [-0.15, -0.1) is 0 Å². The van der Waals surface area contributed by atoms with E-state index in [9.17, 15) is 14.7 Å². The van der Waals surface area contributed by atoms with Gasteiger partial charge in [0, 0.05) is 12.6 Å². The number of carbonyl (C=O) groups is 2. The molecule has 9 heteroatoms. The highest BCUT2D eigenvalue weighted by molar-refractivity contribution is 5.95. The van der Waals surface area contributed by atoms with Crippen LogP contribution in [-0.2, 0) is 16.1 Å². The van der Waals surface area contributed by atoms with E-state index in [0.717, 1.165) is 64.6 Å². The number of rotatable bonds is 17. The zero-order chi connectivity index (χ0) is 27.9. The van der Waals surface area contributed by atoms with E-state index in [1.165, 1.54) is 11.6 Å². The summed E-state index contributed by atoms with van der Waals surface area (Å²) in [5, 5.41) is 20.1. The average molecular weight is 543 g/mol. The van der Waals surface area contributed by atoms with E-state index >= 15 is 0 Å². The Kier molecular flexibility index (Phi) is 13.5. The molecule has 1 aliphatic rings. The van der Waals surface area contributed by atoms with Crippen LogP contribution in [0.2, 0.25) is 0 Å². The van der Waals surface area contributed by atoms with E-state index < -0.39 is 24.1 Å². The lowest BCUT2D eigenvalue weighted by atomic mass is 9.93. The van der Waals surface area contributed by atoms with Crippen molar-refractivity contribution in [1.29, 1.82) is 0 Å². The van der Waals surface area contributed by atoms with Gasteiger partial charge in [0.25, 0.3) is 5.91 Å². The quantitative estimate of drug-likeness (QED) is 0.155. The summed E-state index contributed by atoms with van der Waals surface area (Å²) in [5.74, 6) is 0.157. The molecule has 0 saturated carbocycles. The fraction of sp³-hybridized carbons (Fsp3) is 0.633. The van der Waals surface area contributed by atoms with Crippen LogP contribution in [0, 0.1) is 12.8 Å². The van der Waals surface area contributed by atoms with Gasteiger partial charge >= 0.3 is 5.97 Å². The van der Waals surface area contributed by atoms with E-state index in [1.807, 2.05) is 6.07 Å². The zero-order valence-electron chi connectivity index (χ0n) is 23.6. The van der Waals surface area contributed by atoms with Gasteiger partial charge in [-0.1, -0.05) is 61.7 Å². The summed E-state index contributed by atoms with van der Waals surface area (Å²) >= 11 is 0. The standard InChI is InChI=1S/C30H46N4O5/c1-3-4-5-9-20-38-30(37)26(32-29(36)27-21-23(2)39-33-27)12-13-28(35)31-17-14-24-15-18-34(19-16-24)22-25-10-7-6-8-11-25/h6-8,10-11,21,24,26,28,31,35H,3-5,9,12-20,22H2,1-2H3,(H,32,36)/t26-,28?/m0/s1. The summed E-state index contributed by atoms with van der Waals surface area (Å²) in [6, 6.07) is 11.2. The molecule has 0 spiro atoms. The smallest absolute Gasteiger partial charge is 0.328 e. The molecule has 2 atom stereocenters. The topological polar surface area (TPSA) is 117 Å². The van der Waals surface area contributed by atoms with Crippen molar-refractivity contribution >= 4 is 11.9 Å². The molecule has 39 heavy (non-hydrogen) atoms. The molecule has 1 aromatic heterocycles. The number of amides is 1. The third-order valence-electron chi connectivity index (χ3n) is 7.31. The summed E-state index contributed by atoms with van der Waals surface area (Å²) in [4.78, 5) is 27.8. The monoisotopic (exact) mass is 542 g/mol. The maximum absolute atomic E-state index is 12.7. The molecule has 1 fully saturated rings. The number of carbonyl (C=O) groups excluding carboxylic acids is 2. The molecule has 1 aromatic carbocycles. The highest BCUT2D eigenvalue weighted by Crippen LogP contribution is 2.21. The van der Waals surface area contributed by atoms with Crippen molar-refractivity contribution in [3.05, 3.63) is 53.4 Å². The molecule has 2 heterocycles. The van der Waals surface area contributed by atoms with Gasteiger partial charge in [-0.2, -0.15) is 0 Å². The highest BCUT2D eigenvalue weighted by Gasteiger charge is 2.25. The predicted octanol–water partition coefficient (Wildman–Crippen LogP) is 4.20. The van der Waals surface area contributed by atoms with Gasteiger partial charge in [-0.25, -0.2) is 4.79 Å². The molecule has 1 aliphatic heterocycles. The number of aliphatic hydroxyl groups is 1. The first-order valence-electron chi connectivity index (χ1n) is 14.5. The predicted molar refractivity (Wildman–Crippen MR) is 150 cm³/mol. The second kappa shape index (κ2) is 17.0. The fourth-order valence-corrected chi connectivity index (χ4v) is 4.91. The Bertz CT molecular complexity index is 975. The molecule has 1 amide bonds. The summed E-state index contributed by atoms with van der Waals surface area (Å²) < 4.78 is 10.4. The van der Waals surface area contributed by atoms with Crippen molar-refractivity contribution in [1.82, 2.24) is 20.7 Å². The first kappa shape index (κ1) is 30.8. The van der Waals surface area contributed by atoms with Gasteiger partial charge in [0.1, 0.15) is 18.0 Å². The number of piperidine rings is 1. The summed E-state index contributed by atoms with van der Waals surface area (Å²) in [6.45, 7) is 8.03. The van der Waals surface area contributed by atoms with E-state index in [0.29, 0.717) is 31.3 Å². The Morgan fingerprint density at radius 1 is 1.15 bits per heavy atom. The van der Waals surface area contributed by atoms with E-state index in [-0.39, 0.29) is 12.1 Å². The lowest BCUT2D eigenvalue weighted by Crippen LogP contribution is -2.43. The third kappa shape index (κ3) is 11.5. The first-order valence-corrected chi connectivity index (χ1v) is 14.5. The lowest BCUT2D eigenvalue weighted by Gasteiger charge is -2.32. The number of unbranched alkanes of at least 4 members (excludes halogenated alkanes) is 3. The fourth-order valence-electron chi connectivity index (χ4n) is 4.91. The van der Waals surface area contributed by atoms with Crippen LogP contribution in [0.1, 0.15) is 86.5 Å². The van der Waals surface area contributed by atoms with Gasteiger partial charge in [-0.3, -0.25) is 15.0 Å². The van der Waals surface area contributed by atoms with Crippen LogP contribution in [0.5, 0.6) is 0 Å². The number of hydrogen-bond acceptors (Lipinski definition) is 8. The van der Waals surface area contributed by atoms with Crippen molar-refractivity contribution in [2.24, 2.45) is 5.92 Å². The van der Waals surface area contributed by atoms with Gasteiger partial charge < -0.3 is 19.7 Å². The van der Waals surface area contributed by atoms with Crippen LogP contribution in [0.3, 0.4) is 0 Å². The molecule has 2 aromatic rings. The Balaban J connectivity index is 1.37. The number of likely N-dealkylation sites (tertiary alicyclic amines) is 1. The molecule has 9 nitrogen and oxygen atoms in total. The maximum atomic E-state index is 12.7. The largest absolute Gasteiger partial charge is 0.464 e. The van der Waals surface area contributed by atoms with Crippen molar-refractivity contribution in [2.75, 3.05) is 26.2 Å². The number of esters is 1. The van der Waals surface area contributed by atoms with Gasteiger partial charge in [0.15, 0.2) is 5.69 Å². The van der Waals surface area contributed by atoms with Gasteiger partial charge in [0.2, 0.25) is 0 Å². The van der Waals surface area contributed by atoms with Crippen LogP contribution in [0.15, 0.2) is 40.9 Å². The molecule has 0 aliphatic carbocycles. The number of benzene rings is 1. The van der Waals surface area contributed by atoms with Crippen molar-refractivity contribution < 1.29 is 24.0 Å². The number of aryl methyl sites for hydroxylation is 1. The van der Waals surface area contributed by atoms with Crippen LogP contribution >= 0.6 is 0 Å². The second-order valence-corrected chi connectivity index (χ2v) is 10.6. The molecule has 216 valence electrons. The number of aromatic nitrogens is 1. The molecular weight excluding hydrogens is 496 g/mol. The Labute approximate surface area is 232 Å². The van der Waals surface area contributed by atoms with E-state index in [4.69, 9.17) is 9.26 Å². The Hall–Kier alpha value is -2.75. The average Bonchev–Trinajstić information content (AvgIpc) is 3.38. The lowest BCUT2D eigenvalue weighted by molar-refractivity contribution is -0.146. The number of ether oxygens (including phenoxy) is 1. The number of hydrogen-bond donors (Lipinski definition) is 3. The van der Waals surface area contributed by atoms with Crippen molar-refractivity contribution in [3.63, 3.8) is 0 Å². The maximum Gasteiger partial charge on any atom is 0.328 e. The summed E-state index contributed by atoms with van der Waals surface area (Å²) in [7, 11) is 0. The number of nitrogens with one attached hydrogen (secondary N) is 2. The first-order chi connectivity index (χ1) is 18.9. The SMILES string of the molecule is CCCCCCOC(=O)[C@H](CCC(O)NCCC1CCN(Cc2ccccc2)CC1)NC(=O)c1cc(C)on1. The Morgan fingerprint density at radius 2 is 1.92 bits per heavy atom. The third-order valence-corrected chi connectivity index (χ3v) is 7.31. The molecule has 1 unspecified atom stereocenters. The van der Waals surface area contributed by atoms with Gasteiger partial charge in [0.05, 0.1) is 6.61 Å². The van der Waals surface area contributed by atoms with Crippen LogP contribution in [0.25, 0.3) is 0 Å². The summed E-state index contributed by atoms with van der Waals surface area (Å²) in [6.07, 6.45) is 7.08. The second-order valence-electron chi connectivity index (χ2n) is 10.6. The zero-order valence-corrected chi connectivity index (χ0v) is 23.6. The minimum Gasteiger partial charge on any atom is -0.464 e. The van der Waals surface area contributed by atoms with Crippen LogP contribution in [0.4, 0.5) is 0 Å². The molecule has 0 bridgehead atoms. The Morgan fingerprint density at radius 3 is 2.62 bits per heavy atom. The number of nitrogens with zero attached hydrogens (tertiary/aromatic N) is 2. The van der Waals surface area contributed by atoms with Crippen molar-refractivity contribution in [3.8, 4) is 0 Å². The molecule has 0 radical (unpaired) electrons.